The number of hydrogen-bond donors (Lipinski definition) is 11. The Bertz CT molecular complexity index is 836. The smallest absolute Gasteiger partial charge is 0.333 e. The van der Waals surface area contributed by atoms with Gasteiger partial charge in [0.25, 0.3) is 0 Å². The van der Waals surface area contributed by atoms with Gasteiger partial charge in [-0.15, -0.1) is 0 Å². The van der Waals surface area contributed by atoms with Gasteiger partial charge in [-0.2, -0.15) is 0 Å². The molecule has 16 nitrogen and oxygen atoms in total. The fourth-order valence-electron chi connectivity index (χ4n) is 3.30. The molecule has 0 aromatic carbocycles. The molecule has 3 aliphatic heterocycles. The monoisotopic (exact) mass is 498 g/mol. The average molecular weight is 498 g/mol. The highest BCUT2D eigenvalue weighted by Crippen LogP contribution is 2.35. The van der Waals surface area contributed by atoms with Crippen molar-refractivity contribution < 1.29 is 79.9 Å². The van der Waals surface area contributed by atoms with E-state index in [0.29, 0.717) is 0 Å². The summed E-state index contributed by atoms with van der Waals surface area (Å²) < 4.78 is 25.5. The summed E-state index contributed by atoms with van der Waals surface area (Å²) in [6.07, 6.45) is -16.0. The Morgan fingerprint density at radius 3 is 2.00 bits per heavy atom. The first-order valence-electron chi connectivity index (χ1n) is 9.89. The van der Waals surface area contributed by atoms with E-state index in [1.807, 2.05) is 0 Å². The highest BCUT2D eigenvalue weighted by molar-refractivity contribution is 5.29. The maximum absolute atomic E-state index is 10.4. The summed E-state index contributed by atoms with van der Waals surface area (Å²) in [5.74, 6) is -5.14. The molecule has 0 aromatic heterocycles. The van der Waals surface area contributed by atoms with Gasteiger partial charge in [-0.25, -0.2) is 0 Å². The molecule has 16 heteroatoms. The van der Waals surface area contributed by atoms with Gasteiger partial charge in [-0.05, 0) is 0 Å². The van der Waals surface area contributed by atoms with E-state index in [2.05, 4.69) is 0 Å². The second-order valence-corrected chi connectivity index (χ2v) is 7.44. The number of hydrogen-bond acceptors (Lipinski definition) is 16. The molecule has 0 aromatic rings. The number of aliphatic hydroxyl groups excluding tert-OH is 11. The van der Waals surface area contributed by atoms with Crippen LogP contribution in [-0.4, -0.2) is 131 Å². The van der Waals surface area contributed by atoms with Crippen LogP contribution >= 0.6 is 0 Å². The van der Waals surface area contributed by atoms with Gasteiger partial charge >= 0.3 is 5.95 Å². The molecule has 0 spiro atoms. The van der Waals surface area contributed by atoms with Gasteiger partial charge in [0, 0.05) is 0 Å². The van der Waals surface area contributed by atoms with Gasteiger partial charge in [0.15, 0.2) is 23.4 Å². The molecule has 3 heterocycles. The van der Waals surface area contributed by atoms with Crippen LogP contribution in [-0.2, 0) is 23.7 Å². The van der Waals surface area contributed by atoms with Crippen LogP contribution in [0.1, 0.15) is 0 Å². The largest absolute Gasteiger partial charge is 0.502 e. The molecule has 34 heavy (non-hydrogen) atoms. The Morgan fingerprint density at radius 2 is 1.41 bits per heavy atom. The third-order valence-electron chi connectivity index (χ3n) is 5.22. The zero-order chi connectivity index (χ0) is 25.3. The minimum atomic E-state index is -1.96. The van der Waals surface area contributed by atoms with Gasteiger partial charge in [-0.3, -0.25) is 0 Å². The van der Waals surface area contributed by atoms with Crippen molar-refractivity contribution >= 4 is 0 Å². The summed E-state index contributed by atoms with van der Waals surface area (Å²) >= 11 is 0. The lowest BCUT2D eigenvalue weighted by molar-refractivity contribution is -0.295. The summed E-state index contributed by atoms with van der Waals surface area (Å²) in [4.78, 5) is 0. The van der Waals surface area contributed by atoms with E-state index >= 15 is 0 Å². The van der Waals surface area contributed by atoms with Crippen molar-refractivity contribution in [3.63, 3.8) is 0 Å². The summed E-state index contributed by atoms with van der Waals surface area (Å²) in [5.41, 5.74) is 0. The Hall–Kier alpha value is -2.38. The second kappa shape index (κ2) is 10.5. The molecule has 3 rings (SSSR count). The fraction of sp³-hybridized carbons (Fsp3) is 0.667. The van der Waals surface area contributed by atoms with Gasteiger partial charge < -0.3 is 79.9 Å². The molecule has 0 amide bonds. The topological polar surface area (TPSA) is 269 Å². The maximum Gasteiger partial charge on any atom is 0.333 e. The molecule has 0 aliphatic carbocycles. The first-order chi connectivity index (χ1) is 16.0. The van der Waals surface area contributed by atoms with Crippen LogP contribution in [0.15, 0.2) is 34.7 Å². The van der Waals surface area contributed by atoms with E-state index in [9.17, 15) is 56.2 Å². The maximum atomic E-state index is 10.4. The van der Waals surface area contributed by atoms with Crippen LogP contribution in [0, 0.1) is 0 Å². The van der Waals surface area contributed by atoms with Gasteiger partial charge in [-0.1, -0.05) is 0 Å². The molecule has 3 aliphatic rings. The highest BCUT2D eigenvalue weighted by Gasteiger charge is 2.47. The normalized spacial score (nSPS) is 39.0. The first-order valence-corrected chi connectivity index (χ1v) is 9.89. The Kier molecular flexibility index (Phi) is 8.09. The van der Waals surface area contributed by atoms with Crippen molar-refractivity contribution in [2.45, 2.75) is 55.3 Å². The zero-order valence-corrected chi connectivity index (χ0v) is 17.3. The van der Waals surface area contributed by atoms with Gasteiger partial charge in [0.05, 0.1) is 13.2 Å². The van der Waals surface area contributed by atoms with Crippen molar-refractivity contribution in [3.05, 3.63) is 34.7 Å². The minimum absolute atomic E-state index is 0.540. The van der Waals surface area contributed by atoms with Crippen molar-refractivity contribution in [3.8, 4) is 0 Å². The second-order valence-electron chi connectivity index (χ2n) is 7.44. The Labute approximate surface area is 190 Å². The molecule has 11 N–H and O–H groups in total. The van der Waals surface area contributed by atoms with Crippen LogP contribution in [0.4, 0.5) is 0 Å². The van der Waals surface area contributed by atoms with Crippen molar-refractivity contribution in [2.75, 3.05) is 19.8 Å². The quantitative estimate of drug-likeness (QED) is 0.157. The van der Waals surface area contributed by atoms with E-state index in [4.69, 9.17) is 23.7 Å². The zero-order valence-electron chi connectivity index (χ0n) is 17.3. The molecular weight excluding hydrogens is 472 g/mol. The predicted molar refractivity (Wildman–Crippen MR) is 100 cm³/mol. The molecular formula is C18H26O16. The standard InChI is InChI=1S/C18H26O16/c19-1-4-7(22)8(23)12(27)17(31-4)34-15-6(3-21)32-18(13(28)10(15)25)33-14-5(2-20)30-16(29)11(26)9(14)24/h4,6-9,11-12,16-17,19-29H,1-3H2/t4-,6?,7+,8?,9?,11?,12?,16?,17?/m0/s1. The van der Waals surface area contributed by atoms with E-state index < -0.39 is 110 Å². The van der Waals surface area contributed by atoms with Crippen molar-refractivity contribution in [1.29, 1.82) is 0 Å². The predicted octanol–water partition coefficient (Wildman–Crippen LogP) is -5.02. The third kappa shape index (κ3) is 4.73. The lowest BCUT2D eigenvalue weighted by Crippen LogP contribution is -2.59. The van der Waals surface area contributed by atoms with Crippen LogP contribution in [0.5, 0.6) is 0 Å². The minimum Gasteiger partial charge on any atom is -0.502 e. The summed E-state index contributed by atoms with van der Waals surface area (Å²) in [6, 6.07) is 0. The summed E-state index contributed by atoms with van der Waals surface area (Å²) in [7, 11) is 0. The summed E-state index contributed by atoms with van der Waals surface area (Å²) in [5, 5.41) is 108. The molecule has 0 saturated carbocycles. The Morgan fingerprint density at radius 1 is 0.735 bits per heavy atom. The fourth-order valence-corrected chi connectivity index (χ4v) is 3.30. The number of ether oxygens (including phenoxy) is 5. The highest BCUT2D eigenvalue weighted by atomic mass is 16.7. The molecule has 9 atom stereocenters. The van der Waals surface area contributed by atoms with E-state index in [1.54, 1.807) is 0 Å². The Balaban J connectivity index is 1.90. The van der Waals surface area contributed by atoms with Crippen LogP contribution in [0.25, 0.3) is 0 Å². The molecule has 1 fully saturated rings. The van der Waals surface area contributed by atoms with Crippen LogP contribution in [0.2, 0.25) is 0 Å². The van der Waals surface area contributed by atoms with E-state index in [-0.39, 0.29) is 0 Å². The lowest BCUT2D eigenvalue weighted by atomic mass is 9.99. The van der Waals surface area contributed by atoms with E-state index in [0.717, 1.165) is 0 Å². The van der Waals surface area contributed by atoms with Gasteiger partial charge in [0.1, 0.15) is 43.2 Å². The molecule has 1 saturated heterocycles. The average Bonchev–Trinajstić information content (AvgIpc) is 2.83. The van der Waals surface area contributed by atoms with Gasteiger partial charge in [0.2, 0.25) is 24.1 Å². The van der Waals surface area contributed by atoms with Crippen molar-refractivity contribution in [2.24, 2.45) is 0 Å². The van der Waals surface area contributed by atoms with Crippen LogP contribution < -0.4 is 0 Å². The first kappa shape index (κ1) is 26.2. The lowest BCUT2D eigenvalue weighted by Gasteiger charge is -2.40. The molecule has 194 valence electrons. The molecule has 7 unspecified atom stereocenters. The SMILES string of the molecule is OCC1=C(OC2=C(O)C(O)=C(OC3O[C@@H](CO)[C@@H](O)C(O)C3O)C(CO)O2)C(O)C(O)C(O)O1. The third-order valence-corrected chi connectivity index (χ3v) is 5.22. The number of aliphatic hydroxyl groups is 11. The van der Waals surface area contributed by atoms with Crippen molar-refractivity contribution in [1.82, 2.24) is 0 Å². The summed E-state index contributed by atoms with van der Waals surface area (Å²) in [6.45, 7) is -2.61. The van der Waals surface area contributed by atoms with Crippen LogP contribution in [0.3, 0.4) is 0 Å². The molecule has 0 bridgehead atoms. The number of rotatable bonds is 7. The van der Waals surface area contributed by atoms with E-state index in [1.165, 1.54) is 0 Å². The molecule has 0 radical (unpaired) electrons.